The molecule has 0 fully saturated rings. The van der Waals surface area contributed by atoms with Gasteiger partial charge in [0.05, 0.1) is 12.5 Å². The predicted octanol–water partition coefficient (Wildman–Crippen LogP) is 3.28. The van der Waals surface area contributed by atoms with Gasteiger partial charge in [0, 0.05) is 21.8 Å². The number of nitrogens with one attached hydrogen (secondary N) is 1. The molecule has 2 N–H and O–H groups in total. The summed E-state index contributed by atoms with van der Waals surface area (Å²) in [6.45, 7) is 2.61. The zero-order valence-corrected chi connectivity index (χ0v) is 13.1. The topological polar surface area (TPSA) is 49.3 Å². The van der Waals surface area contributed by atoms with Crippen molar-refractivity contribution in [2.75, 3.05) is 12.8 Å². The third-order valence-electron chi connectivity index (χ3n) is 2.64. The quantitative estimate of drug-likeness (QED) is 0.845. The average molecular weight is 322 g/mol. The first kappa shape index (κ1) is 16.6. The van der Waals surface area contributed by atoms with E-state index in [9.17, 15) is 9.90 Å². The van der Waals surface area contributed by atoms with Gasteiger partial charge in [-0.05, 0) is 30.0 Å². The highest BCUT2D eigenvalue weighted by atomic mass is 35.5. The number of rotatable bonds is 6. The van der Waals surface area contributed by atoms with Crippen LogP contribution in [0.2, 0.25) is 10.0 Å². The standard InChI is InChI=1S/C13H17Cl2NO2S/c1-8(19-2)7-16-13(18)6-12(17)9-3-10(14)5-11(15)4-9/h3-5,8,12,17H,6-7H2,1-2H3,(H,16,18)/t8-,12+/m1/s1. The summed E-state index contributed by atoms with van der Waals surface area (Å²) in [5, 5.41) is 14.0. The fourth-order valence-corrected chi connectivity index (χ4v) is 2.27. The number of benzene rings is 1. The number of carbonyl (C=O) groups excluding carboxylic acids is 1. The van der Waals surface area contributed by atoms with Crippen molar-refractivity contribution in [3.8, 4) is 0 Å². The van der Waals surface area contributed by atoms with Crippen molar-refractivity contribution in [2.24, 2.45) is 0 Å². The van der Waals surface area contributed by atoms with E-state index in [2.05, 4.69) is 5.32 Å². The number of carbonyl (C=O) groups is 1. The molecule has 3 nitrogen and oxygen atoms in total. The normalized spacial score (nSPS) is 13.9. The van der Waals surface area contributed by atoms with Crippen molar-refractivity contribution in [1.82, 2.24) is 5.32 Å². The average Bonchev–Trinajstić information content (AvgIpc) is 2.34. The predicted molar refractivity (Wildman–Crippen MR) is 82.0 cm³/mol. The minimum atomic E-state index is -0.902. The molecule has 19 heavy (non-hydrogen) atoms. The number of hydrogen-bond acceptors (Lipinski definition) is 3. The molecule has 1 rings (SSSR count). The molecule has 0 saturated heterocycles. The Hall–Kier alpha value is -0.420. The van der Waals surface area contributed by atoms with Crippen molar-refractivity contribution in [3.05, 3.63) is 33.8 Å². The van der Waals surface area contributed by atoms with Crippen LogP contribution in [0.3, 0.4) is 0 Å². The van der Waals surface area contributed by atoms with Crippen LogP contribution in [0, 0.1) is 0 Å². The maximum Gasteiger partial charge on any atom is 0.222 e. The highest BCUT2D eigenvalue weighted by Crippen LogP contribution is 2.25. The highest BCUT2D eigenvalue weighted by Gasteiger charge is 2.14. The maximum atomic E-state index is 11.7. The second-order valence-corrected chi connectivity index (χ2v) is 6.42. The van der Waals surface area contributed by atoms with E-state index >= 15 is 0 Å². The van der Waals surface area contributed by atoms with E-state index < -0.39 is 6.10 Å². The first-order valence-electron chi connectivity index (χ1n) is 5.86. The molecule has 0 saturated carbocycles. The summed E-state index contributed by atoms with van der Waals surface area (Å²) in [4.78, 5) is 11.7. The minimum absolute atomic E-state index is 0.00221. The Labute approximate surface area is 127 Å². The smallest absolute Gasteiger partial charge is 0.222 e. The third-order valence-corrected chi connectivity index (χ3v) is 4.05. The molecule has 0 aliphatic rings. The van der Waals surface area contributed by atoms with Gasteiger partial charge in [0.25, 0.3) is 0 Å². The van der Waals surface area contributed by atoms with Crippen LogP contribution in [0.25, 0.3) is 0 Å². The molecule has 0 aromatic heterocycles. The maximum absolute atomic E-state index is 11.7. The minimum Gasteiger partial charge on any atom is -0.388 e. The van der Waals surface area contributed by atoms with Gasteiger partial charge >= 0.3 is 0 Å². The molecule has 0 aliphatic heterocycles. The number of amides is 1. The summed E-state index contributed by atoms with van der Waals surface area (Å²) in [5.41, 5.74) is 0.547. The summed E-state index contributed by atoms with van der Waals surface area (Å²) >= 11 is 13.4. The van der Waals surface area contributed by atoms with E-state index in [0.717, 1.165) is 0 Å². The lowest BCUT2D eigenvalue weighted by Gasteiger charge is -2.14. The van der Waals surface area contributed by atoms with Crippen LogP contribution in [-0.2, 0) is 4.79 Å². The summed E-state index contributed by atoms with van der Waals surface area (Å²) in [7, 11) is 0. The first-order chi connectivity index (χ1) is 8.92. The zero-order valence-electron chi connectivity index (χ0n) is 10.8. The van der Waals surface area contributed by atoms with Crippen LogP contribution < -0.4 is 5.32 Å². The van der Waals surface area contributed by atoms with Crippen LogP contribution in [0.15, 0.2) is 18.2 Å². The molecule has 0 unspecified atom stereocenters. The molecule has 0 spiro atoms. The van der Waals surface area contributed by atoms with Gasteiger partial charge in [-0.15, -0.1) is 0 Å². The summed E-state index contributed by atoms with van der Waals surface area (Å²) in [6.07, 6.45) is 1.08. The number of aliphatic hydroxyl groups is 1. The second kappa shape index (κ2) is 8.00. The third kappa shape index (κ3) is 6.04. The van der Waals surface area contributed by atoms with Gasteiger partial charge in [-0.1, -0.05) is 30.1 Å². The number of thioether (sulfide) groups is 1. The molecule has 1 aromatic carbocycles. The lowest BCUT2D eigenvalue weighted by Crippen LogP contribution is -2.30. The Morgan fingerprint density at radius 3 is 2.47 bits per heavy atom. The van der Waals surface area contributed by atoms with E-state index in [4.69, 9.17) is 23.2 Å². The Bertz CT molecular complexity index is 422. The van der Waals surface area contributed by atoms with Crippen LogP contribution in [0.1, 0.15) is 25.0 Å². The van der Waals surface area contributed by atoms with Gasteiger partial charge in [-0.2, -0.15) is 11.8 Å². The van der Waals surface area contributed by atoms with E-state index in [0.29, 0.717) is 27.4 Å². The van der Waals surface area contributed by atoms with Crippen molar-refractivity contribution >= 4 is 40.9 Å². The second-order valence-electron chi connectivity index (χ2n) is 4.27. The summed E-state index contributed by atoms with van der Waals surface area (Å²) in [5.74, 6) is -0.190. The molecular weight excluding hydrogens is 305 g/mol. The van der Waals surface area contributed by atoms with E-state index in [1.807, 2.05) is 13.2 Å². The number of hydrogen-bond donors (Lipinski definition) is 2. The molecule has 2 atom stereocenters. The fourth-order valence-electron chi connectivity index (χ4n) is 1.47. The van der Waals surface area contributed by atoms with E-state index in [1.165, 1.54) is 0 Å². The Morgan fingerprint density at radius 1 is 1.37 bits per heavy atom. The van der Waals surface area contributed by atoms with E-state index in [1.54, 1.807) is 30.0 Å². The van der Waals surface area contributed by atoms with Crippen molar-refractivity contribution in [1.29, 1.82) is 0 Å². The van der Waals surface area contributed by atoms with Gasteiger partial charge in [0.2, 0.25) is 5.91 Å². The molecule has 106 valence electrons. The molecule has 1 aromatic rings. The summed E-state index contributed by atoms with van der Waals surface area (Å²) in [6, 6.07) is 4.80. The molecule has 6 heteroatoms. The van der Waals surface area contributed by atoms with Gasteiger partial charge in [-0.25, -0.2) is 0 Å². The highest BCUT2D eigenvalue weighted by molar-refractivity contribution is 7.99. The van der Waals surface area contributed by atoms with Crippen molar-refractivity contribution < 1.29 is 9.90 Å². The molecule has 0 radical (unpaired) electrons. The van der Waals surface area contributed by atoms with Crippen LogP contribution >= 0.6 is 35.0 Å². The monoisotopic (exact) mass is 321 g/mol. The Kier molecular flexibility index (Phi) is 7.00. The first-order valence-corrected chi connectivity index (χ1v) is 7.90. The lowest BCUT2D eigenvalue weighted by atomic mass is 10.1. The number of aliphatic hydroxyl groups excluding tert-OH is 1. The van der Waals surface area contributed by atoms with E-state index in [-0.39, 0.29) is 12.3 Å². The van der Waals surface area contributed by atoms with Gasteiger partial charge in [0.1, 0.15) is 0 Å². The number of halogens is 2. The van der Waals surface area contributed by atoms with Crippen molar-refractivity contribution in [3.63, 3.8) is 0 Å². The SMILES string of the molecule is CS[C@H](C)CNC(=O)C[C@H](O)c1cc(Cl)cc(Cl)c1. The molecule has 0 bridgehead atoms. The Balaban J connectivity index is 2.54. The molecular formula is C13H17Cl2NO2S. The molecule has 0 aliphatic carbocycles. The van der Waals surface area contributed by atoms with Crippen LogP contribution in [0.4, 0.5) is 0 Å². The molecule has 0 heterocycles. The largest absolute Gasteiger partial charge is 0.388 e. The molecule has 1 amide bonds. The van der Waals surface area contributed by atoms with Gasteiger partial charge < -0.3 is 10.4 Å². The van der Waals surface area contributed by atoms with Gasteiger partial charge in [0.15, 0.2) is 0 Å². The zero-order chi connectivity index (χ0) is 14.4. The Morgan fingerprint density at radius 2 is 1.95 bits per heavy atom. The van der Waals surface area contributed by atoms with Crippen molar-refractivity contribution in [2.45, 2.75) is 24.7 Å². The van der Waals surface area contributed by atoms with Gasteiger partial charge in [-0.3, -0.25) is 4.79 Å². The summed E-state index contributed by atoms with van der Waals surface area (Å²) < 4.78 is 0. The fraction of sp³-hybridized carbons (Fsp3) is 0.462. The van der Waals surface area contributed by atoms with Crippen LogP contribution in [-0.4, -0.2) is 29.1 Å². The van der Waals surface area contributed by atoms with Crippen LogP contribution in [0.5, 0.6) is 0 Å². The lowest BCUT2D eigenvalue weighted by molar-refractivity contribution is -0.123.